The number of hydrogen-bond acceptors (Lipinski definition) is 6. The third kappa shape index (κ3) is 4.18. The molecule has 0 radical (unpaired) electrons. The van der Waals surface area contributed by atoms with Gasteiger partial charge in [0.2, 0.25) is 5.95 Å². The van der Waals surface area contributed by atoms with Crippen LogP contribution in [0.3, 0.4) is 0 Å². The van der Waals surface area contributed by atoms with Crippen LogP contribution in [0.25, 0.3) is 106 Å². The summed E-state index contributed by atoms with van der Waals surface area (Å²) in [6.45, 7) is 0. The molecule has 7 nitrogen and oxygen atoms in total. The molecular formula is C44H25N5O2. The van der Waals surface area contributed by atoms with Crippen molar-refractivity contribution in [1.82, 2.24) is 24.5 Å². The third-order valence-corrected chi connectivity index (χ3v) is 9.78. The van der Waals surface area contributed by atoms with Crippen LogP contribution in [0.2, 0.25) is 0 Å². The molecule has 0 unspecified atom stereocenters. The van der Waals surface area contributed by atoms with Crippen molar-refractivity contribution in [2.24, 2.45) is 0 Å². The summed E-state index contributed by atoms with van der Waals surface area (Å²) in [6, 6.07) is 47.4. The summed E-state index contributed by atoms with van der Waals surface area (Å²) < 4.78 is 14.8. The van der Waals surface area contributed by atoms with E-state index in [1.165, 1.54) is 0 Å². The summed E-state index contributed by atoms with van der Waals surface area (Å²) in [5.74, 6) is 1.62. The van der Waals surface area contributed by atoms with Gasteiger partial charge in [0.1, 0.15) is 22.3 Å². The molecule has 0 aliphatic rings. The van der Waals surface area contributed by atoms with Crippen LogP contribution in [0.15, 0.2) is 161 Å². The number of fused-ring (bicyclic) bond motifs is 9. The van der Waals surface area contributed by atoms with Gasteiger partial charge in [-0.3, -0.25) is 9.55 Å². The summed E-state index contributed by atoms with van der Waals surface area (Å²) >= 11 is 0. The van der Waals surface area contributed by atoms with E-state index in [4.69, 9.17) is 23.8 Å². The van der Waals surface area contributed by atoms with Crippen molar-refractivity contribution < 1.29 is 8.83 Å². The van der Waals surface area contributed by atoms with Gasteiger partial charge < -0.3 is 8.83 Å². The highest BCUT2D eigenvalue weighted by Crippen LogP contribution is 2.39. The summed E-state index contributed by atoms with van der Waals surface area (Å²) in [7, 11) is 0. The SMILES string of the molecule is c1cc(-c2nc(-c3cccc4oc5ccncc5c34)nc(-n3c4ccccc4c4ccccc43)n2)cc(-c2cccc3c2oc2ccccc23)c1. The zero-order valence-corrected chi connectivity index (χ0v) is 27.0. The van der Waals surface area contributed by atoms with Crippen molar-refractivity contribution in [3.05, 3.63) is 152 Å². The molecular weight excluding hydrogens is 631 g/mol. The Bertz CT molecular complexity index is 3120. The van der Waals surface area contributed by atoms with Gasteiger partial charge in [-0.25, -0.2) is 4.98 Å². The zero-order valence-electron chi connectivity index (χ0n) is 27.0. The first-order valence-electron chi connectivity index (χ1n) is 16.8. The molecule has 7 heteroatoms. The average Bonchev–Trinajstić information content (AvgIpc) is 3.87. The minimum absolute atomic E-state index is 0.528. The molecule has 0 amide bonds. The van der Waals surface area contributed by atoms with Gasteiger partial charge in [0, 0.05) is 61.4 Å². The first-order valence-corrected chi connectivity index (χ1v) is 16.8. The monoisotopic (exact) mass is 655 g/mol. The average molecular weight is 656 g/mol. The van der Waals surface area contributed by atoms with Crippen molar-refractivity contribution >= 4 is 65.7 Å². The van der Waals surface area contributed by atoms with Gasteiger partial charge in [-0.2, -0.15) is 9.97 Å². The minimum atomic E-state index is 0.528. The van der Waals surface area contributed by atoms with E-state index >= 15 is 0 Å². The fraction of sp³-hybridized carbons (Fsp3) is 0. The summed E-state index contributed by atoms with van der Waals surface area (Å²) in [6.07, 6.45) is 3.58. The van der Waals surface area contributed by atoms with Gasteiger partial charge in [0.05, 0.1) is 11.0 Å². The highest BCUT2D eigenvalue weighted by molar-refractivity contribution is 6.12. The number of furan rings is 2. The first kappa shape index (κ1) is 27.8. The predicted octanol–water partition coefficient (Wildman–Crippen LogP) is 11.2. The molecule has 5 aromatic heterocycles. The second-order valence-electron chi connectivity index (χ2n) is 12.7. The van der Waals surface area contributed by atoms with Crippen LogP contribution in [-0.2, 0) is 0 Å². The lowest BCUT2D eigenvalue weighted by Gasteiger charge is -2.12. The zero-order chi connectivity index (χ0) is 33.5. The van der Waals surface area contributed by atoms with Gasteiger partial charge in [-0.15, -0.1) is 0 Å². The molecule has 0 fully saturated rings. The number of pyridine rings is 1. The molecule has 0 aliphatic heterocycles. The number of nitrogens with zero attached hydrogens (tertiary/aromatic N) is 5. The Balaban J connectivity index is 1.18. The Morgan fingerprint density at radius 1 is 0.451 bits per heavy atom. The van der Waals surface area contributed by atoms with Gasteiger partial charge in [-0.1, -0.05) is 103 Å². The smallest absolute Gasteiger partial charge is 0.238 e. The number of aromatic nitrogens is 5. The van der Waals surface area contributed by atoms with Crippen LogP contribution in [0, 0.1) is 0 Å². The third-order valence-electron chi connectivity index (χ3n) is 9.78. The maximum Gasteiger partial charge on any atom is 0.238 e. The lowest BCUT2D eigenvalue weighted by Crippen LogP contribution is -2.06. The van der Waals surface area contributed by atoms with Crippen LogP contribution in [0.5, 0.6) is 0 Å². The van der Waals surface area contributed by atoms with E-state index in [1.807, 2.05) is 66.9 Å². The second-order valence-corrected chi connectivity index (χ2v) is 12.7. The van der Waals surface area contributed by atoms with Crippen LogP contribution in [0.4, 0.5) is 0 Å². The maximum atomic E-state index is 6.42. The number of para-hydroxylation sites is 4. The molecule has 238 valence electrons. The van der Waals surface area contributed by atoms with E-state index < -0.39 is 0 Å². The van der Waals surface area contributed by atoms with Crippen LogP contribution in [-0.4, -0.2) is 24.5 Å². The van der Waals surface area contributed by atoms with E-state index in [0.717, 1.165) is 87.9 Å². The molecule has 0 spiro atoms. The van der Waals surface area contributed by atoms with E-state index in [-0.39, 0.29) is 0 Å². The highest BCUT2D eigenvalue weighted by atomic mass is 16.3. The molecule has 0 aliphatic carbocycles. The summed E-state index contributed by atoms with van der Waals surface area (Å²) in [5.41, 5.74) is 8.97. The molecule has 6 aromatic carbocycles. The van der Waals surface area contributed by atoms with E-state index in [1.54, 1.807) is 6.20 Å². The van der Waals surface area contributed by atoms with Crippen molar-refractivity contribution in [3.63, 3.8) is 0 Å². The van der Waals surface area contributed by atoms with Crippen molar-refractivity contribution in [1.29, 1.82) is 0 Å². The van der Waals surface area contributed by atoms with Gasteiger partial charge in [0.25, 0.3) is 0 Å². The van der Waals surface area contributed by atoms with Crippen LogP contribution >= 0.6 is 0 Å². The lowest BCUT2D eigenvalue weighted by atomic mass is 10.00. The molecule has 11 aromatic rings. The largest absolute Gasteiger partial charge is 0.456 e. The highest BCUT2D eigenvalue weighted by Gasteiger charge is 2.21. The molecule has 11 rings (SSSR count). The topological polar surface area (TPSA) is 82.8 Å². The van der Waals surface area contributed by atoms with Crippen molar-refractivity contribution in [2.75, 3.05) is 0 Å². The molecule has 51 heavy (non-hydrogen) atoms. The Morgan fingerprint density at radius 2 is 1.10 bits per heavy atom. The Labute approximate surface area is 290 Å². The Hall–Kier alpha value is -7.12. The van der Waals surface area contributed by atoms with E-state index in [2.05, 4.69) is 88.4 Å². The molecule has 0 saturated carbocycles. The predicted molar refractivity (Wildman–Crippen MR) is 203 cm³/mol. The quantitative estimate of drug-likeness (QED) is 0.188. The van der Waals surface area contributed by atoms with Gasteiger partial charge in [0.15, 0.2) is 11.6 Å². The van der Waals surface area contributed by atoms with Gasteiger partial charge >= 0.3 is 0 Å². The fourth-order valence-electron chi connectivity index (χ4n) is 7.51. The summed E-state index contributed by atoms with van der Waals surface area (Å²) in [4.78, 5) is 20.0. The Morgan fingerprint density at radius 3 is 1.96 bits per heavy atom. The second kappa shape index (κ2) is 10.7. The number of benzene rings is 6. The van der Waals surface area contributed by atoms with Crippen molar-refractivity contribution in [2.45, 2.75) is 0 Å². The van der Waals surface area contributed by atoms with Crippen LogP contribution < -0.4 is 0 Å². The molecule has 0 N–H and O–H groups in total. The van der Waals surface area contributed by atoms with Crippen LogP contribution in [0.1, 0.15) is 0 Å². The molecule has 0 atom stereocenters. The number of hydrogen-bond donors (Lipinski definition) is 0. The number of rotatable bonds is 4. The standard InChI is InChI=1S/C44H25N5O2/c1-4-18-35-29(12-1)30-13-2-5-19-36(30)49(35)44-47-42(46-43(48-44)33-17-9-21-39-40(33)34-25-45-23-22-38(34)50-39)27-11-7-10-26(24-27)28-15-8-16-32-31-14-3-6-20-37(31)51-41(28)32/h1-25H. The maximum absolute atomic E-state index is 6.42. The summed E-state index contributed by atoms with van der Waals surface area (Å²) in [5, 5.41) is 6.26. The Kier molecular flexibility index (Phi) is 5.83. The van der Waals surface area contributed by atoms with E-state index in [9.17, 15) is 0 Å². The fourth-order valence-corrected chi connectivity index (χ4v) is 7.51. The molecule has 0 saturated heterocycles. The lowest BCUT2D eigenvalue weighted by molar-refractivity contribution is 0.668. The first-order chi connectivity index (χ1) is 25.3. The normalized spacial score (nSPS) is 11.9. The van der Waals surface area contributed by atoms with Gasteiger partial charge in [-0.05, 0) is 42.0 Å². The van der Waals surface area contributed by atoms with Crippen molar-refractivity contribution in [3.8, 4) is 39.9 Å². The van der Waals surface area contributed by atoms with E-state index in [0.29, 0.717) is 17.6 Å². The molecule has 0 bridgehead atoms. The molecule has 5 heterocycles. The minimum Gasteiger partial charge on any atom is -0.456 e.